The molecule has 0 aliphatic carbocycles. The molecule has 2 heterocycles. The van der Waals surface area contributed by atoms with E-state index in [0.717, 1.165) is 50.5 Å². The number of carbonyl (C=O) groups is 2. The summed E-state index contributed by atoms with van der Waals surface area (Å²) in [5.74, 6) is -1.71. The molecule has 2 aliphatic heterocycles. The van der Waals surface area contributed by atoms with E-state index in [0.29, 0.717) is 31.9 Å². The van der Waals surface area contributed by atoms with Crippen LogP contribution in [-0.2, 0) is 29.1 Å². The van der Waals surface area contributed by atoms with Crippen molar-refractivity contribution in [2.45, 2.75) is 38.5 Å². The van der Waals surface area contributed by atoms with Crippen LogP contribution in [0, 0.1) is 17.6 Å². The predicted molar refractivity (Wildman–Crippen MR) is 168 cm³/mol. The summed E-state index contributed by atoms with van der Waals surface area (Å²) in [7, 11) is 1.43. The maximum atomic E-state index is 14.6. The van der Waals surface area contributed by atoms with Gasteiger partial charge in [-0.1, -0.05) is 60.7 Å². The molecule has 0 saturated carbocycles. The standard InChI is InChI=1S/C35H42F2N4O4/c1-44-31-13-12-30(36)32(37)29(31)24-40-20-22-41(23-21-40)34(42)33(38-35(43)45-25-27-10-6-3-7-11-27)28-15-18-39(19-16-28)17-14-26-8-4-2-5-9-26/h2-13,28,33H,14-25H2,1H3,(H,38,43)/t33-/m1/s1. The Balaban J connectivity index is 1.19. The first-order valence-corrected chi connectivity index (χ1v) is 15.7. The van der Waals surface area contributed by atoms with Gasteiger partial charge in [-0.25, -0.2) is 13.6 Å². The molecule has 2 saturated heterocycles. The molecule has 0 aromatic heterocycles. The van der Waals surface area contributed by atoms with Crippen molar-refractivity contribution in [1.29, 1.82) is 0 Å². The first-order valence-electron chi connectivity index (χ1n) is 15.7. The summed E-state index contributed by atoms with van der Waals surface area (Å²) in [6.07, 6.45) is 1.91. The van der Waals surface area contributed by atoms with Crippen molar-refractivity contribution in [2.24, 2.45) is 5.92 Å². The van der Waals surface area contributed by atoms with Crippen LogP contribution in [0.4, 0.5) is 13.6 Å². The normalized spacial score (nSPS) is 17.1. The Bertz CT molecular complexity index is 1400. The van der Waals surface area contributed by atoms with Crippen LogP contribution in [-0.4, -0.2) is 85.7 Å². The molecule has 10 heteroatoms. The van der Waals surface area contributed by atoms with E-state index >= 15 is 0 Å². The van der Waals surface area contributed by atoms with Gasteiger partial charge in [0.1, 0.15) is 18.4 Å². The van der Waals surface area contributed by atoms with Crippen molar-refractivity contribution in [2.75, 3.05) is 52.9 Å². The summed E-state index contributed by atoms with van der Waals surface area (Å²) in [6.45, 7) is 4.70. The van der Waals surface area contributed by atoms with E-state index in [1.165, 1.54) is 18.7 Å². The summed E-state index contributed by atoms with van der Waals surface area (Å²) < 4.78 is 39.3. The van der Waals surface area contributed by atoms with Gasteiger partial charge in [-0.05, 0) is 61.5 Å². The first kappa shape index (κ1) is 32.4. The van der Waals surface area contributed by atoms with E-state index in [4.69, 9.17) is 9.47 Å². The number of ether oxygens (including phenoxy) is 2. The second-order valence-corrected chi connectivity index (χ2v) is 11.7. The summed E-state index contributed by atoms with van der Waals surface area (Å²) in [5, 5.41) is 2.91. The monoisotopic (exact) mass is 620 g/mol. The number of amides is 2. The summed E-state index contributed by atoms with van der Waals surface area (Å²) >= 11 is 0. The Kier molecular flexibility index (Phi) is 11.4. The smallest absolute Gasteiger partial charge is 0.408 e. The van der Waals surface area contributed by atoms with Crippen molar-refractivity contribution in [1.82, 2.24) is 20.0 Å². The van der Waals surface area contributed by atoms with Gasteiger partial charge in [0, 0.05) is 44.8 Å². The number of methoxy groups -OCH3 is 1. The maximum Gasteiger partial charge on any atom is 0.408 e. The fourth-order valence-corrected chi connectivity index (χ4v) is 6.17. The first-order chi connectivity index (χ1) is 21.9. The number of hydrogen-bond donors (Lipinski definition) is 1. The minimum Gasteiger partial charge on any atom is -0.496 e. The third-order valence-electron chi connectivity index (χ3n) is 8.85. The molecular formula is C35H42F2N4O4. The summed E-state index contributed by atoms with van der Waals surface area (Å²) in [4.78, 5) is 33.1. The molecule has 0 bridgehead atoms. The molecule has 0 radical (unpaired) electrons. The Labute approximate surface area is 263 Å². The van der Waals surface area contributed by atoms with Crippen LogP contribution in [0.5, 0.6) is 5.75 Å². The molecule has 2 aliphatic rings. The molecule has 1 N–H and O–H groups in total. The topological polar surface area (TPSA) is 74.3 Å². The molecule has 5 rings (SSSR count). The van der Waals surface area contributed by atoms with Gasteiger partial charge >= 0.3 is 6.09 Å². The van der Waals surface area contributed by atoms with Crippen molar-refractivity contribution in [3.05, 3.63) is 101 Å². The minimum absolute atomic E-state index is 0.0292. The fraction of sp³-hybridized carbons (Fsp3) is 0.429. The molecule has 3 aromatic rings. The van der Waals surface area contributed by atoms with E-state index in [-0.39, 0.29) is 30.5 Å². The number of carbonyl (C=O) groups excluding carboxylic acids is 2. The van der Waals surface area contributed by atoms with Crippen molar-refractivity contribution < 1.29 is 27.8 Å². The van der Waals surface area contributed by atoms with Gasteiger partial charge in [-0.15, -0.1) is 0 Å². The Morgan fingerprint density at radius 1 is 0.844 bits per heavy atom. The lowest BCUT2D eigenvalue weighted by Gasteiger charge is -2.40. The molecule has 2 fully saturated rings. The molecule has 240 valence electrons. The van der Waals surface area contributed by atoms with Gasteiger partial charge in [0.05, 0.1) is 7.11 Å². The lowest BCUT2D eigenvalue weighted by atomic mass is 9.88. The summed E-state index contributed by atoms with van der Waals surface area (Å²) in [6, 6.07) is 21.6. The Hall–Kier alpha value is -4.02. The van der Waals surface area contributed by atoms with Crippen LogP contribution in [0.2, 0.25) is 0 Å². The average molecular weight is 621 g/mol. The number of nitrogens with one attached hydrogen (secondary N) is 1. The zero-order valence-corrected chi connectivity index (χ0v) is 25.8. The highest BCUT2D eigenvalue weighted by atomic mass is 19.2. The number of rotatable bonds is 11. The predicted octanol–water partition coefficient (Wildman–Crippen LogP) is 4.87. The second kappa shape index (κ2) is 15.8. The number of alkyl carbamates (subject to hydrolysis) is 1. The van der Waals surface area contributed by atoms with Gasteiger partial charge < -0.3 is 24.6 Å². The highest BCUT2D eigenvalue weighted by Crippen LogP contribution is 2.27. The second-order valence-electron chi connectivity index (χ2n) is 11.7. The number of piperidine rings is 1. The molecule has 8 nitrogen and oxygen atoms in total. The van der Waals surface area contributed by atoms with Gasteiger partial charge in [-0.2, -0.15) is 0 Å². The van der Waals surface area contributed by atoms with Crippen LogP contribution in [0.3, 0.4) is 0 Å². The minimum atomic E-state index is -0.918. The van der Waals surface area contributed by atoms with Crippen LogP contribution >= 0.6 is 0 Å². The van der Waals surface area contributed by atoms with E-state index in [1.807, 2.05) is 41.3 Å². The van der Waals surface area contributed by atoms with Crippen LogP contribution in [0.15, 0.2) is 72.8 Å². The molecule has 0 unspecified atom stereocenters. The molecule has 1 atom stereocenters. The Morgan fingerprint density at radius 3 is 2.13 bits per heavy atom. The van der Waals surface area contributed by atoms with Gasteiger partial charge in [0.25, 0.3) is 0 Å². The lowest BCUT2D eigenvalue weighted by molar-refractivity contribution is -0.137. The molecule has 0 spiro atoms. The molecule has 3 aromatic carbocycles. The Morgan fingerprint density at radius 2 is 1.49 bits per heavy atom. The maximum absolute atomic E-state index is 14.6. The number of nitrogens with zero attached hydrogens (tertiary/aromatic N) is 3. The molecule has 45 heavy (non-hydrogen) atoms. The third kappa shape index (κ3) is 8.79. The fourth-order valence-electron chi connectivity index (χ4n) is 6.17. The largest absolute Gasteiger partial charge is 0.496 e. The van der Waals surface area contributed by atoms with Crippen LogP contribution in [0.25, 0.3) is 0 Å². The number of hydrogen-bond acceptors (Lipinski definition) is 6. The highest BCUT2D eigenvalue weighted by molar-refractivity contribution is 5.86. The van der Waals surface area contributed by atoms with Crippen LogP contribution in [0.1, 0.15) is 29.5 Å². The van der Waals surface area contributed by atoms with Crippen molar-refractivity contribution in [3.63, 3.8) is 0 Å². The quantitative estimate of drug-likeness (QED) is 0.330. The lowest BCUT2D eigenvalue weighted by Crippen LogP contribution is -2.58. The van der Waals surface area contributed by atoms with E-state index in [9.17, 15) is 18.4 Å². The van der Waals surface area contributed by atoms with Crippen molar-refractivity contribution >= 4 is 12.0 Å². The van der Waals surface area contributed by atoms with Gasteiger partial charge in [0.15, 0.2) is 11.6 Å². The summed E-state index contributed by atoms with van der Waals surface area (Å²) in [5.41, 5.74) is 2.33. The van der Waals surface area contributed by atoms with Gasteiger partial charge in [-0.3, -0.25) is 9.69 Å². The zero-order chi connectivity index (χ0) is 31.6. The zero-order valence-electron chi connectivity index (χ0n) is 25.8. The van der Waals surface area contributed by atoms with E-state index < -0.39 is 23.8 Å². The van der Waals surface area contributed by atoms with E-state index in [2.05, 4.69) is 34.5 Å². The highest BCUT2D eigenvalue weighted by Gasteiger charge is 2.36. The number of likely N-dealkylation sites (tertiary alicyclic amines) is 1. The number of halogens is 2. The van der Waals surface area contributed by atoms with Crippen LogP contribution < -0.4 is 10.1 Å². The van der Waals surface area contributed by atoms with E-state index in [1.54, 1.807) is 4.90 Å². The SMILES string of the molecule is COc1ccc(F)c(F)c1CN1CCN(C(=O)[C@H](NC(=O)OCc2ccccc2)C2CCN(CCc3ccccc3)CC2)CC1. The molecule has 2 amide bonds. The number of benzene rings is 3. The molecular weight excluding hydrogens is 578 g/mol. The third-order valence-corrected chi connectivity index (χ3v) is 8.85. The average Bonchev–Trinajstić information content (AvgIpc) is 3.09. The van der Waals surface area contributed by atoms with Gasteiger partial charge in [0.2, 0.25) is 5.91 Å². The number of piperazine rings is 1. The van der Waals surface area contributed by atoms with Crippen molar-refractivity contribution in [3.8, 4) is 5.75 Å².